The summed E-state index contributed by atoms with van der Waals surface area (Å²) >= 11 is 0. The minimum absolute atomic E-state index is 0.228. The summed E-state index contributed by atoms with van der Waals surface area (Å²) in [5.41, 5.74) is 0.695. The molecule has 1 unspecified atom stereocenters. The summed E-state index contributed by atoms with van der Waals surface area (Å²) in [7, 11) is 0. The number of carbonyl (C=O) groups is 1. The van der Waals surface area contributed by atoms with Crippen LogP contribution in [-0.2, 0) is 0 Å². The van der Waals surface area contributed by atoms with Crippen molar-refractivity contribution in [3.63, 3.8) is 0 Å². The first-order valence-electron chi connectivity index (χ1n) is 11.2. The molecule has 1 aromatic heterocycles. The molecule has 162 valence electrons. The van der Waals surface area contributed by atoms with E-state index in [1.807, 2.05) is 42.5 Å². The molecule has 6 heteroatoms. The van der Waals surface area contributed by atoms with Crippen molar-refractivity contribution in [2.24, 2.45) is 5.92 Å². The number of piperidine rings is 1. The molecule has 2 heterocycles. The molecule has 1 aliphatic rings. The van der Waals surface area contributed by atoms with Gasteiger partial charge >= 0.3 is 0 Å². The molecule has 31 heavy (non-hydrogen) atoms. The maximum Gasteiger partial charge on any atom is 0.279 e. The Balaban J connectivity index is 1.45. The van der Waals surface area contributed by atoms with Crippen LogP contribution in [-0.4, -0.2) is 46.8 Å². The molecule has 1 aliphatic heterocycles. The van der Waals surface area contributed by atoms with Gasteiger partial charge in [-0.15, -0.1) is 0 Å². The highest BCUT2D eigenvalue weighted by atomic mass is 16.2. The zero-order valence-corrected chi connectivity index (χ0v) is 18.1. The van der Waals surface area contributed by atoms with Gasteiger partial charge in [-0.2, -0.15) is 9.78 Å². The molecule has 1 fully saturated rings. The number of nitrogens with zero attached hydrogens (tertiary/aromatic N) is 3. The molecule has 0 bridgehead atoms. The van der Waals surface area contributed by atoms with Crippen LogP contribution in [0.4, 0.5) is 0 Å². The number of nitrogens with one attached hydrogen (secondary N) is 1. The molecular weight excluding hydrogens is 388 g/mol. The van der Waals surface area contributed by atoms with Crippen molar-refractivity contribution in [3.05, 3.63) is 70.6 Å². The second-order valence-corrected chi connectivity index (χ2v) is 8.46. The molecular formula is C25H30N4O2. The highest BCUT2D eigenvalue weighted by Gasteiger charge is 2.18. The van der Waals surface area contributed by atoms with Crippen molar-refractivity contribution in [1.82, 2.24) is 20.0 Å². The SMILES string of the molecule is CC1CCCN(CCCCNC(=O)c2nn(-c3ccccc3)c(=O)c3ccccc23)C1. The van der Waals surface area contributed by atoms with E-state index >= 15 is 0 Å². The van der Waals surface area contributed by atoms with E-state index in [0.717, 1.165) is 25.3 Å². The fourth-order valence-corrected chi connectivity index (χ4v) is 4.34. The summed E-state index contributed by atoms with van der Waals surface area (Å²) in [5.74, 6) is 0.542. The molecule has 1 saturated heterocycles. The number of hydrogen-bond acceptors (Lipinski definition) is 4. The molecule has 3 aromatic rings. The van der Waals surface area contributed by atoms with Gasteiger partial charge in [0.1, 0.15) is 0 Å². The fraction of sp³-hybridized carbons (Fsp3) is 0.400. The molecule has 0 spiro atoms. The van der Waals surface area contributed by atoms with E-state index < -0.39 is 0 Å². The van der Waals surface area contributed by atoms with Crippen molar-refractivity contribution in [3.8, 4) is 5.69 Å². The van der Waals surface area contributed by atoms with Gasteiger partial charge in [0, 0.05) is 18.5 Å². The number of unbranched alkanes of at least 4 members (excludes halogenated alkanes) is 1. The highest BCUT2D eigenvalue weighted by Crippen LogP contribution is 2.16. The van der Waals surface area contributed by atoms with Crippen molar-refractivity contribution in [2.45, 2.75) is 32.6 Å². The fourth-order valence-electron chi connectivity index (χ4n) is 4.34. The van der Waals surface area contributed by atoms with Crippen LogP contribution in [0.5, 0.6) is 0 Å². The van der Waals surface area contributed by atoms with Gasteiger partial charge in [-0.05, 0) is 62.9 Å². The van der Waals surface area contributed by atoms with E-state index in [-0.39, 0.29) is 17.2 Å². The van der Waals surface area contributed by atoms with Gasteiger partial charge in [0.05, 0.1) is 11.1 Å². The zero-order chi connectivity index (χ0) is 21.6. The number of hydrogen-bond donors (Lipinski definition) is 1. The Hall–Kier alpha value is -2.99. The minimum Gasteiger partial charge on any atom is -0.351 e. The predicted molar refractivity (Wildman–Crippen MR) is 124 cm³/mol. The lowest BCUT2D eigenvalue weighted by molar-refractivity contribution is 0.0947. The summed E-state index contributed by atoms with van der Waals surface area (Å²) in [4.78, 5) is 28.4. The smallest absolute Gasteiger partial charge is 0.279 e. The van der Waals surface area contributed by atoms with Gasteiger partial charge in [0.15, 0.2) is 5.69 Å². The Morgan fingerprint density at radius 1 is 1.06 bits per heavy atom. The lowest BCUT2D eigenvalue weighted by Gasteiger charge is -2.30. The van der Waals surface area contributed by atoms with Gasteiger partial charge in [0.2, 0.25) is 0 Å². The van der Waals surface area contributed by atoms with Crippen LogP contribution < -0.4 is 10.9 Å². The highest BCUT2D eigenvalue weighted by molar-refractivity contribution is 6.04. The third kappa shape index (κ3) is 5.02. The largest absolute Gasteiger partial charge is 0.351 e. The van der Waals surface area contributed by atoms with Crippen molar-refractivity contribution in [2.75, 3.05) is 26.2 Å². The van der Waals surface area contributed by atoms with E-state index in [1.165, 1.54) is 30.6 Å². The topological polar surface area (TPSA) is 67.2 Å². The number of carbonyl (C=O) groups excluding carboxylic acids is 1. The number of para-hydroxylation sites is 1. The third-order valence-electron chi connectivity index (χ3n) is 5.95. The van der Waals surface area contributed by atoms with Crippen LogP contribution in [0.1, 0.15) is 43.1 Å². The number of likely N-dealkylation sites (tertiary alicyclic amines) is 1. The normalized spacial score (nSPS) is 17.0. The number of benzene rings is 2. The number of rotatable bonds is 7. The van der Waals surface area contributed by atoms with E-state index in [4.69, 9.17) is 0 Å². The molecule has 1 N–H and O–H groups in total. The second-order valence-electron chi connectivity index (χ2n) is 8.46. The third-order valence-corrected chi connectivity index (χ3v) is 5.95. The first-order valence-corrected chi connectivity index (χ1v) is 11.2. The molecule has 0 radical (unpaired) electrons. The van der Waals surface area contributed by atoms with Crippen molar-refractivity contribution >= 4 is 16.7 Å². The number of fused-ring (bicyclic) bond motifs is 1. The quantitative estimate of drug-likeness (QED) is 0.595. The summed E-state index contributed by atoms with van der Waals surface area (Å²) < 4.78 is 1.31. The van der Waals surface area contributed by atoms with Crippen LogP contribution in [0.3, 0.4) is 0 Å². The van der Waals surface area contributed by atoms with Crippen LogP contribution >= 0.6 is 0 Å². The van der Waals surface area contributed by atoms with Gasteiger partial charge in [-0.1, -0.05) is 43.3 Å². The second kappa shape index (κ2) is 9.88. The van der Waals surface area contributed by atoms with Crippen molar-refractivity contribution in [1.29, 1.82) is 0 Å². The molecule has 2 aromatic carbocycles. The van der Waals surface area contributed by atoms with E-state index in [9.17, 15) is 9.59 Å². The van der Waals surface area contributed by atoms with Gasteiger partial charge in [-0.3, -0.25) is 9.59 Å². The lowest BCUT2D eigenvalue weighted by atomic mass is 10.0. The first kappa shape index (κ1) is 21.2. The van der Waals surface area contributed by atoms with E-state index in [0.29, 0.717) is 23.0 Å². The Morgan fingerprint density at radius 2 is 1.81 bits per heavy atom. The standard InChI is InChI=1S/C25H30N4O2/c1-19-10-9-17-28(18-19)16-8-7-15-26-24(30)23-21-13-5-6-14-22(21)25(31)29(27-23)20-11-3-2-4-12-20/h2-6,11-14,19H,7-10,15-18H2,1H3,(H,26,30). The van der Waals surface area contributed by atoms with Crippen LogP contribution in [0, 0.1) is 5.92 Å². The maximum absolute atomic E-state index is 13.0. The van der Waals surface area contributed by atoms with E-state index in [2.05, 4.69) is 22.2 Å². The lowest BCUT2D eigenvalue weighted by Crippen LogP contribution is -2.35. The zero-order valence-electron chi connectivity index (χ0n) is 18.1. The first-order chi connectivity index (χ1) is 15.1. The summed E-state index contributed by atoms with van der Waals surface area (Å²) in [6, 6.07) is 16.4. The number of aromatic nitrogens is 2. The number of amides is 1. The maximum atomic E-state index is 13.0. The Labute approximate surface area is 182 Å². The monoisotopic (exact) mass is 418 g/mol. The summed E-state index contributed by atoms with van der Waals surface area (Å²) in [5, 5.41) is 8.51. The van der Waals surface area contributed by atoms with Gasteiger partial charge in [0.25, 0.3) is 11.5 Å². The summed E-state index contributed by atoms with van der Waals surface area (Å²) in [6.07, 6.45) is 4.60. The average Bonchev–Trinajstić information content (AvgIpc) is 2.80. The molecule has 1 atom stereocenters. The Morgan fingerprint density at radius 3 is 2.58 bits per heavy atom. The average molecular weight is 419 g/mol. The Bertz CT molecular complexity index is 1090. The molecule has 6 nitrogen and oxygen atoms in total. The van der Waals surface area contributed by atoms with Crippen LogP contribution in [0.15, 0.2) is 59.4 Å². The summed E-state index contributed by atoms with van der Waals surface area (Å²) in [6.45, 7) is 6.37. The molecule has 1 amide bonds. The van der Waals surface area contributed by atoms with E-state index in [1.54, 1.807) is 12.1 Å². The molecule has 0 aliphatic carbocycles. The Kier molecular flexibility index (Phi) is 6.77. The predicted octanol–water partition coefficient (Wildman–Crippen LogP) is 3.63. The van der Waals surface area contributed by atoms with Gasteiger partial charge in [-0.25, -0.2) is 0 Å². The molecule has 4 rings (SSSR count). The minimum atomic E-state index is -0.243. The van der Waals surface area contributed by atoms with Crippen molar-refractivity contribution < 1.29 is 4.79 Å². The van der Waals surface area contributed by atoms with Crippen LogP contribution in [0.25, 0.3) is 16.5 Å². The molecule has 0 saturated carbocycles. The van der Waals surface area contributed by atoms with Crippen LogP contribution in [0.2, 0.25) is 0 Å². The van der Waals surface area contributed by atoms with Gasteiger partial charge < -0.3 is 10.2 Å².